The minimum Gasteiger partial charge on any atom is -0.478 e. The first-order chi connectivity index (χ1) is 9.74. The number of nitrogens with one attached hydrogen (secondary N) is 1. The molecule has 100 valence electrons. The summed E-state index contributed by atoms with van der Waals surface area (Å²) in [5.74, 6) is -0.418. The van der Waals surface area contributed by atoms with E-state index >= 15 is 0 Å². The van der Waals surface area contributed by atoms with Crippen molar-refractivity contribution in [3.8, 4) is 0 Å². The fourth-order valence-electron chi connectivity index (χ4n) is 1.77. The summed E-state index contributed by atoms with van der Waals surface area (Å²) in [6.45, 7) is 0.348. The summed E-state index contributed by atoms with van der Waals surface area (Å²) in [6, 6.07) is 2.96. The Morgan fingerprint density at radius 3 is 3.10 bits per heavy atom. The highest BCUT2D eigenvalue weighted by atomic mass is 16.4. The molecule has 3 aromatic rings. The topological polar surface area (TPSA) is 105 Å². The van der Waals surface area contributed by atoms with Gasteiger partial charge in [0, 0.05) is 18.6 Å². The number of nitrogens with zero attached hydrogens (tertiary/aromatic N) is 5. The maximum Gasteiger partial charge on any atom is 0.335 e. The minimum atomic E-state index is -0.980. The molecule has 0 amide bonds. The standard InChI is InChI=1S/C12H10N6O2/c19-12(20)8-1-2-13-9(5-8)6-15-10-11-17-16-7-18(11)4-3-14-10/h1-5,7H,6H2,(H,14,15)(H,19,20). The molecular weight excluding hydrogens is 260 g/mol. The van der Waals surface area contributed by atoms with E-state index in [1.54, 1.807) is 23.1 Å². The van der Waals surface area contributed by atoms with Gasteiger partial charge in [-0.25, -0.2) is 9.78 Å². The molecule has 0 atom stereocenters. The Balaban J connectivity index is 1.81. The summed E-state index contributed by atoms with van der Waals surface area (Å²) in [7, 11) is 0. The number of carboxylic acids is 1. The van der Waals surface area contributed by atoms with Gasteiger partial charge in [0.2, 0.25) is 5.65 Å². The van der Waals surface area contributed by atoms with E-state index in [9.17, 15) is 4.79 Å². The molecule has 0 radical (unpaired) electrons. The van der Waals surface area contributed by atoms with Crippen molar-refractivity contribution in [3.63, 3.8) is 0 Å². The van der Waals surface area contributed by atoms with Crippen LogP contribution in [-0.2, 0) is 6.54 Å². The molecule has 3 rings (SSSR count). The zero-order chi connectivity index (χ0) is 13.9. The fraction of sp³-hybridized carbons (Fsp3) is 0.0833. The smallest absolute Gasteiger partial charge is 0.335 e. The molecule has 3 heterocycles. The van der Waals surface area contributed by atoms with Crippen molar-refractivity contribution in [2.75, 3.05) is 5.32 Å². The molecule has 0 aliphatic carbocycles. The van der Waals surface area contributed by atoms with Gasteiger partial charge in [0.05, 0.1) is 17.8 Å². The summed E-state index contributed by atoms with van der Waals surface area (Å²) < 4.78 is 1.73. The zero-order valence-electron chi connectivity index (χ0n) is 10.3. The third kappa shape index (κ3) is 2.26. The van der Waals surface area contributed by atoms with Crippen molar-refractivity contribution in [3.05, 3.63) is 48.3 Å². The van der Waals surface area contributed by atoms with Crippen LogP contribution >= 0.6 is 0 Å². The van der Waals surface area contributed by atoms with Crippen LogP contribution < -0.4 is 5.32 Å². The normalized spacial score (nSPS) is 10.6. The van der Waals surface area contributed by atoms with Gasteiger partial charge in [-0.05, 0) is 12.1 Å². The number of rotatable bonds is 4. The minimum absolute atomic E-state index is 0.199. The molecule has 3 aromatic heterocycles. The number of hydrogen-bond donors (Lipinski definition) is 2. The second-order valence-electron chi connectivity index (χ2n) is 4.03. The highest BCUT2D eigenvalue weighted by Gasteiger charge is 2.07. The Labute approximate surface area is 113 Å². The lowest BCUT2D eigenvalue weighted by Crippen LogP contribution is -2.06. The third-order valence-corrected chi connectivity index (χ3v) is 2.72. The van der Waals surface area contributed by atoms with E-state index in [0.717, 1.165) is 0 Å². The largest absolute Gasteiger partial charge is 0.478 e. The Kier molecular flexibility index (Phi) is 2.96. The number of pyridine rings is 1. The second-order valence-corrected chi connectivity index (χ2v) is 4.03. The Bertz CT molecular complexity index is 769. The van der Waals surface area contributed by atoms with Gasteiger partial charge < -0.3 is 10.4 Å². The molecule has 0 saturated heterocycles. The predicted molar refractivity (Wildman–Crippen MR) is 69.3 cm³/mol. The molecule has 0 aliphatic heterocycles. The lowest BCUT2D eigenvalue weighted by atomic mass is 10.2. The first-order valence-electron chi connectivity index (χ1n) is 5.80. The van der Waals surface area contributed by atoms with E-state index in [-0.39, 0.29) is 5.56 Å². The van der Waals surface area contributed by atoms with E-state index in [0.29, 0.717) is 23.7 Å². The van der Waals surface area contributed by atoms with Crippen molar-refractivity contribution in [2.45, 2.75) is 6.54 Å². The maximum atomic E-state index is 10.9. The van der Waals surface area contributed by atoms with Gasteiger partial charge in [-0.2, -0.15) is 0 Å². The molecule has 0 saturated carbocycles. The van der Waals surface area contributed by atoms with E-state index < -0.39 is 5.97 Å². The van der Waals surface area contributed by atoms with Gasteiger partial charge >= 0.3 is 5.97 Å². The average molecular weight is 270 g/mol. The van der Waals surface area contributed by atoms with Crippen LogP contribution in [0.4, 0.5) is 5.82 Å². The van der Waals surface area contributed by atoms with Gasteiger partial charge in [-0.3, -0.25) is 9.38 Å². The van der Waals surface area contributed by atoms with E-state index in [4.69, 9.17) is 5.11 Å². The van der Waals surface area contributed by atoms with Crippen LogP contribution in [-0.4, -0.2) is 35.6 Å². The number of hydrogen-bond acceptors (Lipinski definition) is 6. The molecule has 2 N–H and O–H groups in total. The van der Waals surface area contributed by atoms with Gasteiger partial charge in [-0.15, -0.1) is 10.2 Å². The summed E-state index contributed by atoms with van der Waals surface area (Å²) in [4.78, 5) is 19.2. The first-order valence-corrected chi connectivity index (χ1v) is 5.80. The lowest BCUT2D eigenvalue weighted by molar-refractivity contribution is 0.0696. The van der Waals surface area contributed by atoms with Crippen LogP contribution in [0.3, 0.4) is 0 Å². The molecule has 0 unspecified atom stereocenters. The SMILES string of the molecule is O=C(O)c1ccnc(CNc2nccn3cnnc23)c1. The molecule has 0 fully saturated rings. The van der Waals surface area contributed by atoms with E-state index in [1.807, 2.05) is 0 Å². The number of fused-ring (bicyclic) bond motifs is 1. The Hall–Kier alpha value is -3.03. The van der Waals surface area contributed by atoms with Crippen molar-refractivity contribution < 1.29 is 9.90 Å². The second kappa shape index (κ2) is 4.92. The summed E-state index contributed by atoms with van der Waals surface area (Å²) in [5, 5.41) is 19.7. The van der Waals surface area contributed by atoms with Gasteiger partial charge in [0.1, 0.15) is 6.33 Å². The Morgan fingerprint density at radius 1 is 1.35 bits per heavy atom. The Morgan fingerprint density at radius 2 is 2.25 bits per heavy atom. The molecule has 0 aromatic carbocycles. The summed E-state index contributed by atoms with van der Waals surface area (Å²) in [6.07, 6.45) is 6.40. The first kappa shape index (κ1) is 12.0. The highest BCUT2D eigenvalue weighted by molar-refractivity contribution is 5.87. The monoisotopic (exact) mass is 270 g/mol. The molecule has 0 spiro atoms. The quantitative estimate of drug-likeness (QED) is 0.723. The van der Waals surface area contributed by atoms with Gasteiger partial charge in [-0.1, -0.05) is 0 Å². The van der Waals surface area contributed by atoms with Crippen molar-refractivity contribution in [1.29, 1.82) is 0 Å². The zero-order valence-corrected chi connectivity index (χ0v) is 10.3. The summed E-state index contributed by atoms with van der Waals surface area (Å²) >= 11 is 0. The fourth-order valence-corrected chi connectivity index (χ4v) is 1.77. The number of aromatic carboxylic acids is 1. The lowest BCUT2D eigenvalue weighted by Gasteiger charge is -2.06. The average Bonchev–Trinajstić information content (AvgIpc) is 2.94. The number of aromatic nitrogens is 5. The summed E-state index contributed by atoms with van der Waals surface area (Å²) in [5.41, 5.74) is 1.40. The third-order valence-electron chi connectivity index (χ3n) is 2.72. The van der Waals surface area contributed by atoms with Crippen LogP contribution in [0, 0.1) is 0 Å². The molecule has 8 nitrogen and oxygen atoms in total. The van der Waals surface area contributed by atoms with Crippen LogP contribution in [0.2, 0.25) is 0 Å². The molecule has 20 heavy (non-hydrogen) atoms. The van der Waals surface area contributed by atoms with Crippen LogP contribution in [0.5, 0.6) is 0 Å². The highest BCUT2D eigenvalue weighted by Crippen LogP contribution is 2.11. The molecule has 8 heteroatoms. The van der Waals surface area contributed by atoms with Crippen LogP contribution in [0.15, 0.2) is 37.1 Å². The number of anilines is 1. The molecular formula is C12H10N6O2. The number of carboxylic acid groups (broad SMARTS) is 1. The van der Waals surface area contributed by atoms with Gasteiger partial charge in [0.15, 0.2) is 5.82 Å². The van der Waals surface area contributed by atoms with E-state index in [2.05, 4.69) is 25.5 Å². The molecule has 0 aliphatic rings. The van der Waals surface area contributed by atoms with Crippen molar-refractivity contribution in [1.82, 2.24) is 24.6 Å². The predicted octanol–water partition coefficient (Wildman–Crippen LogP) is 0.830. The van der Waals surface area contributed by atoms with Crippen molar-refractivity contribution in [2.24, 2.45) is 0 Å². The van der Waals surface area contributed by atoms with Crippen LogP contribution in [0.25, 0.3) is 5.65 Å². The van der Waals surface area contributed by atoms with Crippen molar-refractivity contribution >= 4 is 17.4 Å². The number of carbonyl (C=O) groups is 1. The molecule has 0 bridgehead atoms. The van der Waals surface area contributed by atoms with Gasteiger partial charge in [0.25, 0.3) is 0 Å². The van der Waals surface area contributed by atoms with E-state index in [1.165, 1.54) is 18.3 Å². The van der Waals surface area contributed by atoms with Crippen LogP contribution in [0.1, 0.15) is 16.1 Å². The maximum absolute atomic E-state index is 10.9.